The Balaban J connectivity index is 2.06. The molecule has 0 aliphatic carbocycles. The minimum atomic E-state index is -0.108. The average Bonchev–Trinajstić information content (AvgIpc) is 2.34. The van der Waals surface area contributed by atoms with E-state index in [4.69, 9.17) is 0 Å². The molecule has 1 aliphatic rings. The van der Waals surface area contributed by atoms with Crippen LogP contribution in [-0.2, 0) is 0 Å². The predicted molar refractivity (Wildman–Crippen MR) is 75.4 cm³/mol. The van der Waals surface area contributed by atoms with Gasteiger partial charge in [0.25, 0.3) is 0 Å². The van der Waals surface area contributed by atoms with Crippen molar-refractivity contribution in [2.45, 2.75) is 24.7 Å². The molecule has 1 heterocycles. The van der Waals surface area contributed by atoms with Crippen molar-refractivity contribution in [3.05, 3.63) is 29.6 Å². The Labute approximate surface area is 113 Å². The highest BCUT2D eigenvalue weighted by Gasteiger charge is 2.17. The summed E-state index contributed by atoms with van der Waals surface area (Å²) in [4.78, 5) is 3.06. The van der Waals surface area contributed by atoms with Crippen molar-refractivity contribution in [1.82, 2.24) is 9.21 Å². The molecule has 1 saturated heterocycles. The first-order valence-electron chi connectivity index (χ1n) is 6.47. The fourth-order valence-electron chi connectivity index (χ4n) is 1.97. The molecule has 100 valence electrons. The average molecular weight is 268 g/mol. The monoisotopic (exact) mass is 268 g/mol. The highest BCUT2D eigenvalue weighted by atomic mass is 32.2. The first kappa shape index (κ1) is 13.8. The highest BCUT2D eigenvalue weighted by molar-refractivity contribution is 7.97. The van der Waals surface area contributed by atoms with Crippen molar-refractivity contribution >= 4 is 11.9 Å². The van der Waals surface area contributed by atoms with Gasteiger partial charge >= 0.3 is 0 Å². The van der Waals surface area contributed by atoms with Crippen LogP contribution in [0.3, 0.4) is 0 Å². The second-order valence-electron chi connectivity index (χ2n) is 5.17. The van der Waals surface area contributed by atoms with E-state index in [2.05, 4.69) is 30.1 Å². The molecule has 0 atom stereocenters. The Hall–Kier alpha value is -0.580. The summed E-state index contributed by atoms with van der Waals surface area (Å²) in [6, 6.07) is 5.46. The second-order valence-corrected chi connectivity index (χ2v) is 6.31. The molecule has 18 heavy (non-hydrogen) atoms. The van der Waals surface area contributed by atoms with Gasteiger partial charge in [-0.05, 0) is 42.6 Å². The molecule has 2 rings (SSSR count). The van der Waals surface area contributed by atoms with Gasteiger partial charge in [0, 0.05) is 26.2 Å². The van der Waals surface area contributed by atoms with Crippen molar-refractivity contribution in [1.29, 1.82) is 0 Å². The summed E-state index contributed by atoms with van der Waals surface area (Å²) in [5, 5.41) is 0. The molecule has 0 N–H and O–H groups in total. The smallest absolute Gasteiger partial charge is 0.138 e. The van der Waals surface area contributed by atoms with Gasteiger partial charge in [-0.3, -0.25) is 0 Å². The zero-order valence-electron chi connectivity index (χ0n) is 11.3. The van der Waals surface area contributed by atoms with Crippen LogP contribution in [0.5, 0.6) is 0 Å². The molecule has 0 bridgehead atoms. The Morgan fingerprint density at radius 2 is 1.83 bits per heavy atom. The molecule has 0 radical (unpaired) electrons. The minimum absolute atomic E-state index is 0.108. The number of hydrogen-bond acceptors (Lipinski definition) is 3. The van der Waals surface area contributed by atoms with Gasteiger partial charge in [-0.15, -0.1) is 0 Å². The maximum absolute atomic E-state index is 13.8. The maximum Gasteiger partial charge on any atom is 0.138 e. The van der Waals surface area contributed by atoms with Crippen LogP contribution in [0.4, 0.5) is 4.39 Å². The lowest BCUT2D eigenvalue weighted by Crippen LogP contribution is -2.41. The Kier molecular flexibility index (Phi) is 4.65. The first-order chi connectivity index (χ1) is 8.56. The number of halogens is 1. The number of piperazine rings is 1. The highest BCUT2D eigenvalue weighted by Crippen LogP contribution is 2.29. The number of rotatable bonds is 3. The standard InChI is InChI=1S/C14H21FN2S/c1-11(2)12-4-5-13(15)14(10-12)18-17-8-6-16(3)7-9-17/h4-5,10-11H,6-9H2,1-3H3. The van der Waals surface area contributed by atoms with Crippen LogP contribution in [-0.4, -0.2) is 42.4 Å². The summed E-state index contributed by atoms with van der Waals surface area (Å²) >= 11 is 1.56. The molecule has 1 aromatic carbocycles. The maximum atomic E-state index is 13.8. The molecule has 1 aromatic rings. The van der Waals surface area contributed by atoms with E-state index in [0.29, 0.717) is 5.92 Å². The Bertz CT molecular complexity index is 401. The predicted octanol–water partition coefficient (Wildman–Crippen LogP) is 3.20. The van der Waals surface area contributed by atoms with Crippen LogP contribution in [0, 0.1) is 5.82 Å². The van der Waals surface area contributed by atoms with E-state index in [0.717, 1.165) is 31.1 Å². The van der Waals surface area contributed by atoms with Gasteiger partial charge in [0.2, 0.25) is 0 Å². The second kappa shape index (κ2) is 6.04. The van der Waals surface area contributed by atoms with Gasteiger partial charge in [-0.2, -0.15) is 0 Å². The number of likely N-dealkylation sites (N-methyl/N-ethyl adjacent to an activating group) is 1. The zero-order chi connectivity index (χ0) is 13.1. The van der Waals surface area contributed by atoms with E-state index in [9.17, 15) is 4.39 Å². The van der Waals surface area contributed by atoms with Crippen LogP contribution in [0.25, 0.3) is 0 Å². The van der Waals surface area contributed by atoms with Crippen molar-refractivity contribution in [3.63, 3.8) is 0 Å². The molecular weight excluding hydrogens is 247 g/mol. The summed E-state index contributed by atoms with van der Waals surface area (Å²) in [5.74, 6) is 0.334. The summed E-state index contributed by atoms with van der Waals surface area (Å²) in [6.07, 6.45) is 0. The molecule has 4 heteroatoms. The number of hydrogen-bond donors (Lipinski definition) is 0. The van der Waals surface area contributed by atoms with Crippen molar-refractivity contribution in [2.24, 2.45) is 0 Å². The fourth-order valence-corrected chi connectivity index (χ4v) is 2.94. The van der Waals surface area contributed by atoms with Gasteiger partial charge in [0.05, 0.1) is 4.90 Å². The third kappa shape index (κ3) is 3.46. The van der Waals surface area contributed by atoms with E-state index in [1.165, 1.54) is 5.56 Å². The molecule has 2 nitrogen and oxygen atoms in total. The van der Waals surface area contributed by atoms with Gasteiger partial charge in [0.1, 0.15) is 5.82 Å². The van der Waals surface area contributed by atoms with E-state index in [-0.39, 0.29) is 5.82 Å². The Morgan fingerprint density at radius 3 is 2.44 bits per heavy atom. The molecule has 0 aromatic heterocycles. The van der Waals surface area contributed by atoms with E-state index in [1.54, 1.807) is 18.0 Å². The van der Waals surface area contributed by atoms with E-state index < -0.39 is 0 Å². The first-order valence-corrected chi connectivity index (χ1v) is 7.24. The van der Waals surface area contributed by atoms with Crippen LogP contribution < -0.4 is 0 Å². The summed E-state index contributed by atoms with van der Waals surface area (Å²) in [7, 11) is 2.13. The van der Waals surface area contributed by atoms with Crippen LogP contribution in [0.1, 0.15) is 25.3 Å². The van der Waals surface area contributed by atoms with Crippen LogP contribution in [0.15, 0.2) is 23.1 Å². The lowest BCUT2D eigenvalue weighted by atomic mass is 10.0. The molecule has 0 saturated carbocycles. The van der Waals surface area contributed by atoms with E-state index >= 15 is 0 Å². The fraction of sp³-hybridized carbons (Fsp3) is 0.571. The third-order valence-electron chi connectivity index (χ3n) is 3.31. The number of benzene rings is 1. The molecule has 0 unspecified atom stereocenters. The molecular formula is C14H21FN2S. The molecule has 0 amide bonds. The summed E-state index contributed by atoms with van der Waals surface area (Å²) in [5.41, 5.74) is 1.20. The SMILES string of the molecule is CC(C)c1ccc(F)c(SN2CCN(C)CC2)c1. The van der Waals surface area contributed by atoms with Crippen molar-refractivity contribution in [2.75, 3.05) is 33.2 Å². The van der Waals surface area contributed by atoms with Gasteiger partial charge in [-0.1, -0.05) is 19.9 Å². The Morgan fingerprint density at radius 1 is 1.17 bits per heavy atom. The zero-order valence-corrected chi connectivity index (χ0v) is 12.1. The van der Waals surface area contributed by atoms with Gasteiger partial charge in [0.15, 0.2) is 0 Å². The third-order valence-corrected chi connectivity index (χ3v) is 4.44. The molecule has 0 spiro atoms. The normalized spacial score (nSPS) is 18.5. The minimum Gasteiger partial charge on any atom is -0.304 e. The number of nitrogens with zero attached hydrogens (tertiary/aromatic N) is 2. The van der Waals surface area contributed by atoms with Crippen molar-refractivity contribution in [3.8, 4) is 0 Å². The molecule has 1 aliphatic heterocycles. The van der Waals surface area contributed by atoms with E-state index in [1.807, 2.05) is 12.1 Å². The molecule has 1 fully saturated rings. The lowest BCUT2D eigenvalue weighted by Gasteiger charge is -2.31. The topological polar surface area (TPSA) is 6.48 Å². The largest absolute Gasteiger partial charge is 0.304 e. The van der Waals surface area contributed by atoms with Crippen LogP contribution in [0.2, 0.25) is 0 Å². The summed E-state index contributed by atoms with van der Waals surface area (Å²) in [6.45, 7) is 8.37. The van der Waals surface area contributed by atoms with Gasteiger partial charge in [-0.25, -0.2) is 8.70 Å². The lowest BCUT2D eigenvalue weighted by molar-refractivity contribution is 0.233. The van der Waals surface area contributed by atoms with Crippen molar-refractivity contribution < 1.29 is 4.39 Å². The van der Waals surface area contributed by atoms with Crippen LogP contribution >= 0.6 is 11.9 Å². The summed E-state index contributed by atoms with van der Waals surface area (Å²) < 4.78 is 16.1. The van der Waals surface area contributed by atoms with Gasteiger partial charge < -0.3 is 4.90 Å². The quantitative estimate of drug-likeness (QED) is 0.777.